The second kappa shape index (κ2) is 4.88. The van der Waals surface area contributed by atoms with Crippen LogP contribution in [-0.2, 0) is 9.53 Å². The van der Waals surface area contributed by atoms with Crippen LogP contribution >= 0.6 is 0 Å². The summed E-state index contributed by atoms with van der Waals surface area (Å²) in [6, 6.07) is 0. The molecule has 0 saturated heterocycles. The fourth-order valence-electron chi connectivity index (χ4n) is 1.01. The zero-order chi connectivity index (χ0) is 12.3. The number of carbonyl (C=O) groups is 1. The van der Waals surface area contributed by atoms with Crippen LogP contribution in [-0.4, -0.2) is 29.7 Å². The molecule has 0 fully saturated rings. The fourth-order valence-corrected chi connectivity index (χ4v) is 1.01. The normalized spacial score (nSPS) is 16.3. The minimum atomic E-state index is -2.93. The van der Waals surface area contributed by atoms with E-state index in [-0.39, 0.29) is 6.42 Å². The minimum Gasteiger partial charge on any atom is -0.459 e. The first kappa shape index (κ1) is 14.3. The van der Waals surface area contributed by atoms with Gasteiger partial charge in [-0.3, -0.25) is 4.79 Å². The third-order valence-electron chi connectivity index (χ3n) is 2.14. The van der Waals surface area contributed by atoms with Crippen molar-refractivity contribution >= 4 is 5.97 Å². The van der Waals surface area contributed by atoms with Gasteiger partial charge < -0.3 is 9.84 Å². The summed E-state index contributed by atoms with van der Waals surface area (Å²) in [5.41, 5.74) is -2.92. The van der Waals surface area contributed by atoms with Crippen LogP contribution in [0.3, 0.4) is 0 Å². The Morgan fingerprint density at radius 2 is 1.87 bits per heavy atom. The van der Waals surface area contributed by atoms with Gasteiger partial charge in [-0.15, -0.1) is 0 Å². The number of aliphatic hydroxyl groups excluding tert-OH is 1. The molecule has 0 spiro atoms. The highest BCUT2D eigenvalue weighted by molar-refractivity contribution is 5.77. The van der Waals surface area contributed by atoms with Crippen molar-refractivity contribution in [3.05, 3.63) is 0 Å². The topological polar surface area (TPSA) is 46.5 Å². The van der Waals surface area contributed by atoms with E-state index in [1.165, 1.54) is 6.92 Å². The molecule has 0 aromatic rings. The van der Waals surface area contributed by atoms with E-state index in [2.05, 4.69) is 0 Å². The number of esters is 1. The van der Waals surface area contributed by atoms with E-state index >= 15 is 0 Å². The molecule has 1 atom stereocenters. The van der Waals surface area contributed by atoms with Crippen molar-refractivity contribution in [1.82, 2.24) is 0 Å². The third kappa shape index (κ3) is 3.41. The van der Waals surface area contributed by atoms with Gasteiger partial charge >= 0.3 is 5.97 Å². The zero-order valence-electron chi connectivity index (χ0n) is 9.51. The molecule has 0 amide bonds. The van der Waals surface area contributed by atoms with Gasteiger partial charge in [0.05, 0.1) is 6.61 Å². The summed E-state index contributed by atoms with van der Waals surface area (Å²) in [7, 11) is 0. The summed E-state index contributed by atoms with van der Waals surface area (Å²) in [5.74, 6) is -1.05. The molecule has 15 heavy (non-hydrogen) atoms. The minimum absolute atomic E-state index is 0.157. The molecule has 0 aliphatic carbocycles. The van der Waals surface area contributed by atoms with E-state index in [4.69, 9.17) is 9.84 Å². The molecule has 90 valence electrons. The lowest BCUT2D eigenvalue weighted by molar-refractivity contribution is -0.182. The van der Waals surface area contributed by atoms with Crippen LogP contribution in [0, 0.1) is 5.41 Å². The highest BCUT2D eigenvalue weighted by atomic mass is 19.3. The third-order valence-corrected chi connectivity index (χ3v) is 2.14. The Labute approximate surface area is 88.4 Å². The summed E-state index contributed by atoms with van der Waals surface area (Å²) in [6.45, 7) is 5.29. The summed E-state index contributed by atoms with van der Waals surface area (Å²) in [4.78, 5) is 11.5. The first-order valence-electron chi connectivity index (χ1n) is 4.82. The largest absolute Gasteiger partial charge is 0.459 e. The molecule has 1 N–H and O–H groups in total. The Kier molecular flexibility index (Phi) is 4.65. The average Bonchev–Trinajstić information content (AvgIpc) is 2.03. The lowest BCUT2D eigenvalue weighted by Crippen LogP contribution is -2.45. The van der Waals surface area contributed by atoms with E-state index in [0.29, 0.717) is 0 Å². The zero-order valence-corrected chi connectivity index (χ0v) is 9.51. The standard InChI is InChI=1S/C10H18F2O3/c1-5-10(6-13,7(11)12)8(14)15-9(2,3)4/h7,13H,5-6H2,1-4H3. The number of alkyl halides is 2. The van der Waals surface area contributed by atoms with Crippen molar-refractivity contribution in [3.63, 3.8) is 0 Å². The number of rotatable bonds is 4. The van der Waals surface area contributed by atoms with Gasteiger partial charge in [-0.25, -0.2) is 8.78 Å². The molecular weight excluding hydrogens is 206 g/mol. The molecule has 0 aliphatic rings. The maximum absolute atomic E-state index is 12.7. The maximum atomic E-state index is 12.7. The highest BCUT2D eigenvalue weighted by Gasteiger charge is 2.48. The Bertz CT molecular complexity index is 217. The van der Waals surface area contributed by atoms with Crippen LogP contribution < -0.4 is 0 Å². The SMILES string of the molecule is CCC(CO)(C(=O)OC(C)(C)C)C(F)F. The number of carbonyl (C=O) groups excluding carboxylic acids is 1. The first-order valence-corrected chi connectivity index (χ1v) is 4.82. The average molecular weight is 224 g/mol. The second-order valence-electron chi connectivity index (χ2n) is 4.47. The van der Waals surface area contributed by atoms with Gasteiger partial charge in [0.25, 0.3) is 6.43 Å². The number of hydrogen-bond acceptors (Lipinski definition) is 3. The van der Waals surface area contributed by atoms with Crippen LogP contribution in [0.25, 0.3) is 0 Å². The van der Waals surface area contributed by atoms with E-state index in [9.17, 15) is 13.6 Å². The van der Waals surface area contributed by atoms with Gasteiger partial charge in [0.2, 0.25) is 0 Å². The van der Waals surface area contributed by atoms with E-state index in [1.807, 2.05) is 0 Å². The molecule has 0 aliphatic heterocycles. The molecule has 0 heterocycles. The predicted octanol–water partition coefficient (Wildman–Crippen LogP) is 1.98. The molecule has 0 radical (unpaired) electrons. The molecule has 1 unspecified atom stereocenters. The smallest absolute Gasteiger partial charge is 0.320 e. The second-order valence-corrected chi connectivity index (χ2v) is 4.47. The maximum Gasteiger partial charge on any atom is 0.320 e. The Morgan fingerprint density at radius 1 is 1.40 bits per heavy atom. The monoisotopic (exact) mass is 224 g/mol. The van der Waals surface area contributed by atoms with Crippen LogP contribution in [0.15, 0.2) is 0 Å². The Morgan fingerprint density at radius 3 is 2.07 bits per heavy atom. The summed E-state index contributed by atoms with van der Waals surface area (Å²) < 4.78 is 30.3. The molecule has 0 rings (SSSR count). The van der Waals surface area contributed by atoms with E-state index < -0.39 is 30.0 Å². The van der Waals surface area contributed by atoms with Crippen molar-refractivity contribution in [2.45, 2.75) is 46.1 Å². The molecule has 5 heteroatoms. The molecule has 0 aromatic heterocycles. The van der Waals surface area contributed by atoms with Crippen molar-refractivity contribution in [2.24, 2.45) is 5.41 Å². The van der Waals surface area contributed by atoms with Gasteiger partial charge in [0, 0.05) is 0 Å². The van der Waals surface area contributed by atoms with Crippen molar-refractivity contribution < 1.29 is 23.4 Å². The summed E-state index contributed by atoms with van der Waals surface area (Å²) in [6.07, 6.45) is -3.09. The quantitative estimate of drug-likeness (QED) is 0.743. The number of halogens is 2. The van der Waals surface area contributed by atoms with Crippen LogP contribution in [0.2, 0.25) is 0 Å². The Hall–Kier alpha value is -0.710. The number of hydrogen-bond donors (Lipinski definition) is 1. The molecule has 0 aromatic carbocycles. The summed E-state index contributed by atoms with van der Waals surface area (Å²) in [5, 5.41) is 8.93. The lowest BCUT2D eigenvalue weighted by Gasteiger charge is -2.31. The van der Waals surface area contributed by atoms with Crippen molar-refractivity contribution in [3.8, 4) is 0 Å². The first-order chi connectivity index (χ1) is 6.69. The van der Waals surface area contributed by atoms with Crippen molar-refractivity contribution in [2.75, 3.05) is 6.61 Å². The molecule has 3 nitrogen and oxygen atoms in total. The van der Waals surface area contributed by atoms with Crippen LogP contribution in [0.5, 0.6) is 0 Å². The van der Waals surface area contributed by atoms with Crippen LogP contribution in [0.4, 0.5) is 8.78 Å². The number of ether oxygens (including phenoxy) is 1. The Balaban J connectivity index is 4.86. The molecule has 0 bridgehead atoms. The fraction of sp³-hybridized carbons (Fsp3) is 0.900. The predicted molar refractivity (Wildman–Crippen MR) is 51.7 cm³/mol. The summed E-state index contributed by atoms with van der Waals surface area (Å²) >= 11 is 0. The van der Waals surface area contributed by atoms with E-state index in [0.717, 1.165) is 0 Å². The molecule has 0 saturated carbocycles. The highest BCUT2D eigenvalue weighted by Crippen LogP contribution is 2.32. The van der Waals surface area contributed by atoms with Crippen molar-refractivity contribution in [1.29, 1.82) is 0 Å². The van der Waals surface area contributed by atoms with Gasteiger partial charge in [-0.2, -0.15) is 0 Å². The van der Waals surface area contributed by atoms with Crippen LogP contribution in [0.1, 0.15) is 34.1 Å². The van der Waals surface area contributed by atoms with Gasteiger partial charge in [0.1, 0.15) is 5.60 Å². The molecular formula is C10H18F2O3. The van der Waals surface area contributed by atoms with E-state index in [1.54, 1.807) is 20.8 Å². The van der Waals surface area contributed by atoms with Gasteiger partial charge in [0.15, 0.2) is 5.41 Å². The lowest BCUT2D eigenvalue weighted by atomic mass is 9.86. The number of aliphatic hydroxyl groups is 1. The van der Waals surface area contributed by atoms with Gasteiger partial charge in [-0.1, -0.05) is 6.92 Å². The van der Waals surface area contributed by atoms with Gasteiger partial charge in [-0.05, 0) is 27.2 Å².